The largest absolute Gasteiger partial charge is 3.00 e. The molecule has 3 atom stereocenters. The Hall–Kier alpha value is -1.96. The fraction of sp³-hybridized carbons (Fsp3) is 0.833. The van der Waals surface area contributed by atoms with Crippen LogP contribution >= 0.6 is 0 Å². The van der Waals surface area contributed by atoms with Gasteiger partial charge in [0.2, 0.25) is 0 Å². The molecule has 0 rings (SSSR count). The average molecular weight is 919 g/mol. The van der Waals surface area contributed by atoms with Crippen molar-refractivity contribution in [3.8, 4) is 0 Å². The smallest absolute Gasteiger partial charge is 0.550 e. The summed E-state index contributed by atoms with van der Waals surface area (Å²) in [5.41, 5.74) is 0. The van der Waals surface area contributed by atoms with Crippen molar-refractivity contribution in [2.24, 2.45) is 0 Å². The van der Waals surface area contributed by atoms with Crippen molar-refractivity contribution >= 4 is 35.3 Å². The molecule has 9 nitrogen and oxygen atoms in total. The van der Waals surface area contributed by atoms with Gasteiger partial charge in [-0.05, 0) is 116 Å². The summed E-state index contributed by atoms with van der Waals surface area (Å²) < 4.78 is 0. The van der Waals surface area contributed by atoms with E-state index in [4.69, 9.17) is 0 Å². The number of carbonyl (C=O) groups is 3. The Morgan fingerprint density at radius 1 is 0.344 bits per heavy atom. The fourth-order valence-corrected chi connectivity index (χ4v) is 7.07. The van der Waals surface area contributed by atoms with Gasteiger partial charge in [-0.1, -0.05) is 192 Å². The molecule has 0 heterocycles. The van der Waals surface area contributed by atoms with Crippen LogP contribution in [0, 0.1) is 0 Å². The Morgan fingerprint density at radius 3 is 0.797 bits per heavy atom. The maximum atomic E-state index is 10.2. The Bertz CT molecular complexity index is 919. The second kappa shape index (κ2) is 59.1. The van der Waals surface area contributed by atoms with Gasteiger partial charge in [-0.2, -0.15) is 0 Å². The van der Waals surface area contributed by atoms with E-state index >= 15 is 0 Å². The third-order valence-corrected chi connectivity index (χ3v) is 11.2. The number of unbranched alkanes of at least 4 members (excludes halogenated alkanes) is 24. The van der Waals surface area contributed by atoms with E-state index in [2.05, 4.69) is 57.2 Å². The number of carboxylic acids is 3. The van der Waals surface area contributed by atoms with E-state index in [0.29, 0.717) is 0 Å². The topological polar surface area (TPSA) is 181 Å². The summed E-state index contributed by atoms with van der Waals surface area (Å²) in [5, 5.41) is 60.0. The first-order chi connectivity index (χ1) is 30.5. The van der Waals surface area contributed by atoms with Crippen molar-refractivity contribution in [2.45, 2.75) is 289 Å². The summed E-state index contributed by atoms with van der Waals surface area (Å²) in [5.74, 6) is -2.82. The molecule has 0 aromatic heterocycles. The minimum absolute atomic E-state index is 0. The maximum absolute atomic E-state index is 10.2. The number of aliphatic hydroxyl groups excluding tert-OH is 3. The van der Waals surface area contributed by atoms with Gasteiger partial charge in [0.1, 0.15) is 0 Å². The molecule has 0 aliphatic heterocycles. The van der Waals surface area contributed by atoms with Crippen LogP contribution < -0.4 is 15.3 Å². The minimum atomic E-state index is -0.939. The number of carboxylic acid groups (broad SMARTS) is 3. The van der Waals surface area contributed by atoms with E-state index in [0.717, 1.165) is 173 Å². The zero-order valence-electron chi connectivity index (χ0n) is 41.6. The number of hydrogen-bond donors (Lipinski definition) is 3. The zero-order chi connectivity index (χ0) is 47.3. The average Bonchev–Trinajstić information content (AvgIpc) is 3.24. The summed E-state index contributed by atoms with van der Waals surface area (Å²) >= 11 is 0. The third kappa shape index (κ3) is 69.1. The first-order valence-electron chi connectivity index (χ1n) is 26.1. The number of allylic oxidation sites excluding steroid dienone is 3. The molecule has 3 unspecified atom stereocenters. The molecule has 0 spiro atoms. The van der Waals surface area contributed by atoms with Crippen LogP contribution in [-0.2, 0) is 14.4 Å². The normalized spacial score (nSPS) is 12.7. The first kappa shape index (κ1) is 68.6. The Morgan fingerprint density at radius 2 is 0.562 bits per heavy atom. The van der Waals surface area contributed by atoms with Crippen LogP contribution in [0.3, 0.4) is 0 Å². The van der Waals surface area contributed by atoms with Crippen LogP contribution in [0.1, 0.15) is 271 Å². The molecule has 64 heavy (non-hydrogen) atoms. The molecule has 0 bridgehead atoms. The molecule has 0 amide bonds. The number of rotatable bonds is 45. The third-order valence-electron chi connectivity index (χ3n) is 11.2. The van der Waals surface area contributed by atoms with Crippen LogP contribution in [0.5, 0.6) is 0 Å². The molecule has 0 aromatic carbocycles. The van der Waals surface area contributed by atoms with Gasteiger partial charge in [-0.15, -0.1) is 0 Å². The predicted octanol–water partition coefficient (Wildman–Crippen LogP) is 10.9. The van der Waals surface area contributed by atoms with Gasteiger partial charge >= 0.3 is 17.4 Å². The summed E-state index contributed by atoms with van der Waals surface area (Å²) in [4.78, 5) is 30.7. The Kier molecular flexibility index (Phi) is 63.3. The van der Waals surface area contributed by atoms with Crippen molar-refractivity contribution in [2.75, 3.05) is 0 Å². The summed E-state index contributed by atoms with van der Waals surface area (Å²) in [6.45, 7) is 6.59. The van der Waals surface area contributed by atoms with Gasteiger partial charge < -0.3 is 45.0 Å². The van der Waals surface area contributed by atoms with Gasteiger partial charge in [-0.3, -0.25) is 0 Å². The van der Waals surface area contributed by atoms with Crippen molar-refractivity contribution < 1.29 is 45.0 Å². The molecule has 372 valence electrons. The maximum Gasteiger partial charge on any atom is 3.00 e. The van der Waals surface area contributed by atoms with Gasteiger partial charge in [0.25, 0.3) is 0 Å². The first-order valence-corrected chi connectivity index (χ1v) is 26.1. The van der Waals surface area contributed by atoms with Crippen LogP contribution in [0.25, 0.3) is 0 Å². The fourth-order valence-electron chi connectivity index (χ4n) is 7.07. The van der Waals surface area contributed by atoms with Crippen molar-refractivity contribution in [3.05, 3.63) is 36.5 Å². The van der Waals surface area contributed by atoms with E-state index in [1.54, 1.807) is 0 Å². The number of aliphatic hydroxyl groups is 3. The Balaban J connectivity index is -0.000000419. The Labute approximate surface area is 404 Å². The molecule has 0 radical (unpaired) electrons. The van der Waals surface area contributed by atoms with Gasteiger partial charge in [0.15, 0.2) is 0 Å². The SMILES string of the molecule is CCCCCCC(O)CC=CCCCCCCCC(=O)[O-].CCCCCCC(O)CC=CCCCCCCCC(=O)[O-].CCCCCCC(O)CC=CCCCCCCCC(=O)[O-].[Al+3]. The van der Waals surface area contributed by atoms with Crippen LogP contribution in [0.15, 0.2) is 36.5 Å². The monoisotopic (exact) mass is 919 g/mol. The zero-order valence-corrected chi connectivity index (χ0v) is 42.8. The van der Waals surface area contributed by atoms with E-state index in [9.17, 15) is 45.0 Å². The van der Waals surface area contributed by atoms with Crippen LogP contribution in [-0.4, -0.2) is 68.9 Å². The predicted molar refractivity (Wildman–Crippen MR) is 263 cm³/mol. The molecule has 0 aliphatic rings. The van der Waals surface area contributed by atoms with E-state index in [-0.39, 0.29) is 54.9 Å². The molecule has 10 heteroatoms. The van der Waals surface area contributed by atoms with E-state index < -0.39 is 17.9 Å². The standard InChI is InChI=1S/3C18H34O3.Al/c3*1-2-3-4-11-14-17(19)15-12-9-7-5-6-8-10-13-16-18(20)21;/h3*9,12,17,19H,2-8,10-11,13-16H2,1H3,(H,20,21);/q;;;+3/p-3. The second-order valence-electron chi connectivity index (χ2n) is 17.7. The minimum Gasteiger partial charge on any atom is -0.550 e. The van der Waals surface area contributed by atoms with Crippen molar-refractivity contribution in [1.29, 1.82) is 0 Å². The van der Waals surface area contributed by atoms with E-state index in [1.165, 1.54) is 57.8 Å². The molecule has 0 aromatic rings. The number of aliphatic carboxylic acids is 3. The van der Waals surface area contributed by atoms with Crippen LogP contribution in [0.2, 0.25) is 0 Å². The molecule has 0 fully saturated rings. The molecular weight excluding hydrogens is 820 g/mol. The number of hydrogen-bond acceptors (Lipinski definition) is 9. The molecule has 0 saturated heterocycles. The van der Waals surface area contributed by atoms with E-state index in [1.807, 2.05) is 0 Å². The summed E-state index contributed by atoms with van der Waals surface area (Å²) in [7, 11) is 0. The molecular formula is C54H99AlO9. The second-order valence-corrected chi connectivity index (χ2v) is 17.7. The van der Waals surface area contributed by atoms with Crippen LogP contribution in [0.4, 0.5) is 0 Å². The number of carbonyl (C=O) groups excluding carboxylic acids is 3. The quantitative estimate of drug-likeness (QED) is 0.0304. The summed E-state index contributed by atoms with van der Waals surface area (Å²) in [6, 6.07) is 0. The van der Waals surface area contributed by atoms with Gasteiger partial charge in [-0.25, -0.2) is 0 Å². The molecule has 0 aliphatic carbocycles. The van der Waals surface area contributed by atoms with Crippen molar-refractivity contribution in [3.63, 3.8) is 0 Å². The van der Waals surface area contributed by atoms with Crippen molar-refractivity contribution in [1.82, 2.24) is 0 Å². The summed E-state index contributed by atoms with van der Waals surface area (Å²) in [6.07, 6.45) is 51.0. The molecule has 0 saturated carbocycles. The van der Waals surface area contributed by atoms with Gasteiger partial charge in [0, 0.05) is 17.9 Å². The van der Waals surface area contributed by atoms with Gasteiger partial charge in [0.05, 0.1) is 18.3 Å². The molecule has 3 N–H and O–H groups in total.